The predicted octanol–water partition coefficient (Wildman–Crippen LogP) is 3.47. The van der Waals surface area contributed by atoms with E-state index in [1.807, 2.05) is 24.3 Å². The average Bonchev–Trinajstić information content (AvgIpc) is 2.50. The van der Waals surface area contributed by atoms with Gasteiger partial charge in [-0.05, 0) is 18.2 Å². The summed E-state index contributed by atoms with van der Waals surface area (Å²) in [6, 6.07) is 13.1. The van der Waals surface area contributed by atoms with Crippen LogP contribution < -0.4 is 15.4 Å². The number of nitrogens with one attached hydrogen (secondary N) is 2. The number of halogens is 1. The zero-order valence-corrected chi connectivity index (χ0v) is 11.3. The Morgan fingerprint density at radius 1 is 1.14 bits per heavy atom. The van der Waals surface area contributed by atoms with Gasteiger partial charge in [-0.2, -0.15) is 0 Å². The number of benzene rings is 2. The number of anilines is 1. The highest BCUT2D eigenvalue weighted by Gasteiger charge is 2.22. The lowest BCUT2D eigenvalue weighted by molar-refractivity contribution is 0.232. The first-order valence-electron chi connectivity index (χ1n) is 6.78. The summed E-state index contributed by atoms with van der Waals surface area (Å²) in [7, 11) is 0. The molecule has 1 heterocycles. The fourth-order valence-electron chi connectivity index (χ4n) is 2.37. The van der Waals surface area contributed by atoms with E-state index in [2.05, 4.69) is 10.6 Å². The minimum Gasteiger partial charge on any atom is -0.493 e. The maximum atomic E-state index is 13.5. The molecule has 2 aromatic rings. The van der Waals surface area contributed by atoms with Crippen LogP contribution in [0.25, 0.3) is 0 Å². The fourth-order valence-corrected chi connectivity index (χ4v) is 2.37. The van der Waals surface area contributed by atoms with Gasteiger partial charge in [0.05, 0.1) is 18.3 Å². The van der Waals surface area contributed by atoms with E-state index >= 15 is 0 Å². The quantitative estimate of drug-likeness (QED) is 0.888. The Morgan fingerprint density at radius 3 is 2.76 bits per heavy atom. The molecule has 1 aliphatic heterocycles. The van der Waals surface area contributed by atoms with Crippen molar-refractivity contribution in [2.75, 3.05) is 11.9 Å². The van der Waals surface area contributed by atoms with Crippen molar-refractivity contribution in [1.29, 1.82) is 0 Å². The number of carbonyl (C=O) groups is 1. The first kappa shape index (κ1) is 13.4. The van der Waals surface area contributed by atoms with Crippen LogP contribution in [0, 0.1) is 5.82 Å². The molecule has 2 aromatic carbocycles. The monoisotopic (exact) mass is 286 g/mol. The van der Waals surface area contributed by atoms with Crippen LogP contribution in [-0.2, 0) is 0 Å². The molecule has 0 fully saturated rings. The minimum absolute atomic E-state index is 0.137. The van der Waals surface area contributed by atoms with Crippen molar-refractivity contribution in [3.63, 3.8) is 0 Å². The van der Waals surface area contributed by atoms with Gasteiger partial charge in [0.1, 0.15) is 11.6 Å². The molecule has 2 N–H and O–H groups in total. The van der Waals surface area contributed by atoms with Crippen LogP contribution in [0.15, 0.2) is 48.5 Å². The van der Waals surface area contributed by atoms with E-state index in [-0.39, 0.29) is 11.7 Å². The maximum Gasteiger partial charge on any atom is 0.319 e. The van der Waals surface area contributed by atoms with E-state index < -0.39 is 11.8 Å². The van der Waals surface area contributed by atoms with E-state index in [0.717, 1.165) is 11.3 Å². The lowest BCUT2D eigenvalue weighted by Gasteiger charge is -2.26. The van der Waals surface area contributed by atoms with E-state index in [1.165, 1.54) is 12.1 Å². The van der Waals surface area contributed by atoms with Crippen molar-refractivity contribution >= 4 is 11.7 Å². The number of amides is 2. The van der Waals surface area contributed by atoms with Gasteiger partial charge in [0.25, 0.3) is 0 Å². The Hall–Kier alpha value is -2.56. The lowest BCUT2D eigenvalue weighted by atomic mass is 10.0. The van der Waals surface area contributed by atoms with Gasteiger partial charge in [-0.25, -0.2) is 9.18 Å². The van der Waals surface area contributed by atoms with Crippen molar-refractivity contribution in [2.24, 2.45) is 0 Å². The van der Waals surface area contributed by atoms with Crippen LogP contribution in [0.4, 0.5) is 14.9 Å². The summed E-state index contributed by atoms with van der Waals surface area (Å²) in [6.45, 7) is 0.543. The molecule has 0 saturated heterocycles. The Labute approximate surface area is 121 Å². The van der Waals surface area contributed by atoms with Crippen LogP contribution in [-0.4, -0.2) is 12.6 Å². The van der Waals surface area contributed by atoms with Crippen molar-refractivity contribution in [2.45, 2.75) is 12.5 Å². The largest absolute Gasteiger partial charge is 0.493 e. The third kappa shape index (κ3) is 2.97. The average molecular weight is 286 g/mol. The van der Waals surface area contributed by atoms with Gasteiger partial charge in [0.2, 0.25) is 0 Å². The van der Waals surface area contributed by atoms with E-state index in [4.69, 9.17) is 4.74 Å². The smallest absolute Gasteiger partial charge is 0.319 e. The van der Waals surface area contributed by atoms with Crippen LogP contribution in [0.5, 0.6) is 5.75 Å². The molecule has 0 saturated carbocycles. The summed E-state index contributed by atoms with van der Waals surface area (Å²) in [6.07, 6.45) is 0.682. The second-order valence-corrected chi connectivity index (χ2v) is 4.81. The normalized spacial score (nSPS) is 16.5. The summed E-state index contributed by atoms with van der Waals surface area (Å²) < 4.78 is 19.0. The highest BCUT2D eigenvalue weighted by molar-refractivity contribution is 5.89. The molecule has 0 bridgehead atoms. The lowest BCUT2D eigenvalue weighted by Crippen LogP contribution is -2.35. The summed E-state index contributed by atoms with van der Waals surface area (Å²) >= 11 is 0. The van der Waals surface area contributed by atoms with Gasteiger partial charge in [0, 0.05) is 12.0 Å². The van der Waals surface area contributed by atoms with Gasteiger partial charge in [-0.3, -0.25) is 0 Å². The van der Waals surface area contributed by atoms with E-state index in [1.54, 1.807) is 12.1 Å². The molecule has 4 nitrogen and oxygen atoms in total. The molecule has 0 aromatic heterocycles. The SMILES string of the molecule is O=C(Nc1ccccc1F)NC1CCOc2ccccc21. The first-order valence-corrected chi connectivity index (χ1v) is 6.78. The minimum atomic E-state index is -0.458. The second-order valence-electron chi connectivity index (χ2n) is 4.81. The van der Waals surface area contributed by atoms with E-state index in [0.29, 0.717) is 13.0 Å². The Balaban J connectivity index is 1.70. The highest BCUT2D eigenvalue weighted by Crippen LogP contribution is 2.31. The molecule has 0 aliphatic carbocycles. The summed E-state index contributed by atoms with van der Waals surface area (Å²) in [5, 5.41) is 5.38. The molecule has 108 valence electrons. The fraction of sp³-hybridized carbons (Fsp3) is 0.188. The molecule has 5 heteroatoms. The summed E-state index contributed by atoms with van der Waals surface area (Å²) in [4.78, 5) is 12.0. The second kappa shape index (κ2) is 5.83. The molecule has 2 amide bonds. The molecule has 3 rings (SSSR count). The highest BCUT2D eigenvalue weighted by atomic mass is 19.1. The van der Waals surface area contributed by atoms with Crippen LogP contribution in [0.2, 0.25) is 0 Å². The standard InChI is InChI=1S/C16H15FN2O2/c17-12-6-2-3-7-14(12)19-16(20)18-13-9-10-21-15-8-4-1-5-11(13)15/h1-8,13H,9-10H2,(H2,18,19,20). The van der Waals surface area contributed by atoms with Crippen LogP contribution in [0.3, 0.4) is 0 Å². The molecule has 21 heavy (non-hydrogen) atoms. The predicted molar refractivity (Wildman–Crippen MR) is 77.8 cm³/mol. The van der Waals surface area contributed by atoms with Gasteiger partial charge in [-0.15, -0.1) is 0 Å². The maximum absolute atomic E-state index is 13.5. The molecule has 1 unspecified atom stereocenters. The topological polar surface area (TPSA) is 50.4 Å². The molecular formula is C16H15FN2O2. The third-order valence-electron chi connectivity index (χ3n) is 3.39. The van der Waals surface area contributed by atoms with Gasteiger partial charge < -0.3 is 15.4 Å². The number of carbonyl (C=O) groups excluding carboxylic acids is 1. The first-order chi connectivity index (χ1) is 10.2. The molecule has 0 radical (unpaired) electrons. The van der Waals surface area contributed by atoms with Gasteiger partial charge >= 0.3 is 6.03 Å². The molecule has 1 atom stereocenters. The van der Waals surface area contributed by atoms with Crippen molar-refractivity contribution in [3.05, 3.63) is 59.9 Å². The van der Waals surface area contributed by atoms with E-state index in [9.17, 15) is 9.18 Å². The number of hydrogen-bond donors (Lipinski definition) is 2. The number of urea groups is 1. The summed E-state index contributed by atoms with van der Waals surface area (Å²) in [5.74, 6) is 0.319. The van der Waals surface area contributed by atoms with Crippen LogP contribution >= 0.6 is 0 Å². The molecular weight excluding hydrogens is 271 g/mol. The number of hydrogen-bond acceptors (Lipinski definition) is 2. The number of rotatable bonds is 2. The van der Waals surface area contributed by atoms with Gasteiger partial charge in [-0.1, -0.05) is 30.3 Å². The third-order valence-corrected chi connectivity index (χ3v) is 3.39. The number of fused-ring (bicyclic) bond motifs is 1. The van der Waals surface area contributed by atoms with Gasteiger partial charge in [0.15, 0.2) is 0 Å². The van der Waals surface area contributed by atoms with Crippen LogP contribution in [0.1, 0.15) is 18.0 Å². The Morgan fingerprint density at radius 2 is 1.90 bits per heavy atom. The number of para-hydroxylation sites is 2. The van der Waals surface area contributed by atoms with Crippen molar-refractivity contribution < 1.29 is 13.9 Å². The zero-order valence-electron chi connectivity index (χ0n) is 11.3. The Bertz CT molecular complexity index is 660. The molecule has 0 spiro atoms. The zero-order chi connectivity index (χ0) is 14.7. The number of ether oxygens (including phenoxy) is 1. The molecule has 1 aliphatic rings. The van der Waals surface area contributed by atoms with Crippen molar-refractivity contribution in [1.82, 2.24) is 5.32 Å². The van der Waals surface area contributed by atoms with Crippen molar-refractivity contribution in [3.8, 4) is 5.75 Å². The Kier molecular flexibility index (Phi) is 3.73. The summed E-state index contributed by atoms with van der Waals surface area (Å²) in [5.41, 5.74) is 1.10.